The van der Waals surface area contributed by atoms with Gasteiger partial charge in [-0.05, 0) is 18.2 Å². The van der Waals surface area contributed by atoms with E-state index in [4.69, 9.17) is 0 Å². The molecule has 2 aromatic carbocycles. The Kier molecular flexibility index (Phi) is 4.14. The molecule has 0 unspecified atom stereocenters. The van der Waals surface area contributed by atoms with Crippen molar-refractivity contribution >= 4 is 5.91 Å². The monoisotopic (exact) mass is 310 g/mol. The Morgan fingerprint density at radius 1 is 1.13 bits per heavy atom. The van der Waals surface area contributed by atoms with Crippen molar-refractivity contribution in [2.45, 2.75) is 6.54 Å². The first kappa shape index (κ1) is 14.9. The zero-order chi connectivity index (χ0) is 16.2. The average molecular weight is 310 g/mol. The van der Waals surface area contributed by atoms with Crippen LogP contribution in [-0.2, 0) is 6.54 Å². The molecule has 6 heteroatoms. The number of carbonyl (C=O) groups excluding carboxylic acids is 1. The van der Waals surface area contributed by atoms with Gasteiger partial charge in [0.2, 0.25) is 0 Å². The van der Waals surface area contributed by atoms with E-state index in [0.717, 1.165) is 5.69 Å². The number of rotatable bonds is 4. The second-order valence-electron chi connectivity index (χ2n) is 5.11. The smallest absolute Gasteiger partial charge is 0.276 e. The van der Waals surface area contributed by atoms with Crippen molar-refractivity contribution in [3.63, 3.8) is 0 Å². The molecule has 116 valence electrons. The van der Waals surface area contributed by atoms with E-state index in [1.807, 2.05) is 30.3 Å². The quantitative estimate of drug-likeness (QED) is 0.744. The second-order valence-corrected chi connectivity index (χ2v) is 5.11. The fourth-order valence-electron chi connectivity index (χ4n) is 2.20. The zero-order valence-corrected chi connectivity index (χ0v) is 12.6. The fraction of sp³-hybridized carbons (Fsp3) is 0.118. The Balaban J connectivity index is 1.76. The van der Waals surface area contributed by atoms with Crippen LogP contribution < -0.4 is 0 Å². The molecule has 3 rings (SSSR count). The van der Waals surface area contributed by atoms with E-state index in [1.165, 1.54) is 22.0 Å². The Hall–Kier alpha value is -3.02. The number of nitrogens with zero attached hydrogens (tertiary/aromatic N) is 4. The number of carbonyl (C=O) groups is 1. The molecule has 0 aliphatic rings. The summed E-state index contributed by atoms with van der Waals surface area (Å²) in [5.41, 5.74) is 1.44. The van der Waals surface area contributed by atoms with Crippen LogP contribution in [0.5, 0.6) is 0 Å². The number of amides is 1. The molecule has 1 heterocycles. The second kappa shape index (κ2) is 6.39. The molecule has 0 spiro atoms. The summed E-state index contributed by atoms with van der Waals surface area (Å²) in [4.78, 5) is 15.2. The molecular formula is C17H15FN4O. The van der Waals surface area contributed by atoms with Gasteiger partial charge in [0.25, 0.3) is 5.91 Å². The molecule has 0 saturated carbocycles. The fourth-order valence-corrected chi connectivity index (χ4v) is 2.20. The number of para-hydroxylation sites is 1. The van der Waals surface area contributed by atoms with Gasteiger partial charge in [-0.2, -0.15) is 9.90 Å². The van der Waals surface area contributed by atoms with Gasteiger partial charge in [0.1, 0.15) is 5.82 Å². The molecule has 0 saturated heterocycles. The van der Waals surface area contributed by atoms with Crippen molar-refractivity contribution in [3.8, 4) is 5.69 Å². The summed E-state index contributed by atoms with van der Waals surface area (Å²) in [6, 6.07) is 15.7. The minimum atomic E-state index is -0.333. The maximum absolute atomic E-state index is 13.7. The van der Waals surface area contributed by atoms with Crippen molar-refractivity contribution in [1.29, 1.82) is 0 Å². The zero-order valence-electron chi connectivity index (χ0n) is 12.6. The molecule has 0 aliphatic carbocycles. The molecule has 0 bridgehead atoms. The van der Waals surface area contributed by atoms with Gasteiger partial charge in [-0.25, -0.2) is 4.39 Å². The standard InChI is InChI=1S/C17H15FN4O/c1-21(12-13-7-5-6-10-15(13)18)17(23)16-11-19-22(20-16)14-8-3-2-4-9-14/h2-11H,12H2,1H3. The summed E-state index contributed by atoms with van der Waals surface area (Å²) < 4.78 is 13.7. The molecule has 0 aliphatic heterocycles. The summed E-state index contributed by atoms with van der Waals surface area (Å²) in [6.07, 6.45) is 1.41. The Labute approximate surface area is 133 Å². The van der Waals surface area contributed by atoms with E-state index < -0.39 is 0 Å². The predicted octanol–water partition coefficient (Wildman–Crippen LogP) is 2.68. The van der Waals surface area contributed by atoms with E-state index in [-0.39, 0.29) is 24.0 Å². The van der Waals surface area contributed by atoms with Crippen LogP contribution in [0.25, 0.3) is 5.69 Å². The topological polar surface area (TPSA) is 51.0 Å². The Morgan fingerprint density at radius 2 is 1.83 bits per heavy atom. The third-order valence-corrected chi connectivity index (χ3v) is 3.41. The van der Waals surface area contributed by atoms with Crippen LogP contribution in [-0.4, -0.2) is 32.8 Å². The first-order valence-corrected chi connectivity index (χ1v) is 7.12. The lowest BCUT2D eigenvalue weighted by Crippen LogP contribution is -2.27. The van der Waals surface area contributed by atoms with Crippen molar-refractivity contribution in [2.75, 3.05) is 7.05 Å². The van der Waals surface area contributed by atoms with E-state index in [1.54, 1.807) is 25.2 Å². The van der Waals surface area contributed by atoms with E-state index in [0.29, 0.717) is 5.56 Å². The normalized spacial score (nSPS) is 10.5. The van der Waals surface area contributed by atoms with Crippen molar-refractivity contribution < 1.29 is 9.18 Å². The van der Waals surface area contributed by atoms with Crippen LogP contribution in [0.15, 0.2) is 60.8 Å². The molecule has 0 N–H and O–H groups in total. The lowest BCUT2D eigenvalue weighted by molar-refractivity contribution is 0.0777. The first-order valence-electron chi connectivity index (χ1n) is 7.12. The molecule has 0 fully saturated rings. The summed E-state index contributed by atoms with van der Waals surface area (Å²) in [5, 5.41) is 8.28. The Bertz CT molecular complexity index is 816. The van der Waals surface area contributed by atoms with E-state index in [2.05, 4.69) is 10.2 Å². The lowest BCUT2D eigenvalue weighted by Gasteiger charge is -2.16. The summed E-state index contributed by atoms with van der Waals surface area (Å²) in [5.74, 6) is -0.643. The van der Waals surface area contributed by atoms with Crippen LogP contribution in [0, 0.1) is 5.82 Å². The number of benzene rings is 2. The molecule has 23 heavy (non-hydrogen) atoms. The predicted molar refractivity (Wildman–Crippen MR) is 83.6 cm³/mol. The highest BCUT2D eigenvalue weighted by Crippen LogP contribution is 2.11. The number of aromatic nitrogens is 3. The van der Waals surface area contributed by atoms with Crippen LogP contribution in [0.4, 0.5) is 4.39 Å². The third kappa shape index (κ3) is 3.26. The van der Waals surface area contributed by atoms with Crippen LogP contribution >= 0.6 is 0 Å². The van der Waals surface area contributed by atoms with E-state index in [9.17, 15) is 9.18 Å². The summed E-state index contributed by atoms with van der Waals surface area (Å²) >= 11 is 0. The molecular weight excluding hydrogens is 295 g/mol. The van der Waals surface area contributed by atoms with Gasteiger partial charge in [-0.15, -0.1) is 5.10 Å². The van der Waals surface area contributed by atoms with Crippen LogP contribution in [0.2, 0.25) is 0 Å². The van der Waals surface area contributed by atoms with Crippen molar-refractivity contribution in [3.05, 3.63) is 77.9 Å². The van der Waals surface area contributed by atoms with Crippen molar-refractivity contribution in [1.82, 2.24) is 19.9 Å². The first-order chi connectivity index (χ1) is 11.1. The van der Waals surface area contributed by atoms with Gasteiger partial charge in [-0.1, -0.05) is 36.4 Å². The molecule has 0 atom stereocenters. The maximum Gasteiger partial charge on any atom is 0.276 e. The van der Waals surface area contributed by atoms with Crippen LogP contribution in [0.1, 0.15) is 16.1 Å². The number of halogens is 1. The van der Waals surface area contributed by atoms with Gasteiger partial charge < -0.3 is 4.90 Å². The molecule has 0 radical (unpaired) electrons. The minimum absolute atomic E-state index is 0.170. The van der Waals surface area contributed by atoms with Gasteiger partial charge in [-0.3, -0.25) is 4.79 Å². The van der Waals surface area contributed by atoms with Crippen LogP contribution in [0.3, 0.4) is 0 Å². The maximum atomic E-state index is 13.7. The highest BCUT2D eigenvalue weighted by atomic mass is 19.1. The lowest BCUT2D eigenvalue weighted by atomic mass is 10.2. The largest absolute Gasteiger partial charge is 0.336 e. The summed E-state index contributed by atoms with van der Waals surface area (Å²) in [6.45, 7) is 0.170. The minimum Gasteiger partial charge on any atom is -0.336 e. The van der Waals surface area contributed by atoms with Crippen molar-refractivity contribution in [2.24, 2.45) is 0 Å². The van der Waals surface area contributed by atoms with Gasteiger partial charge >= 0.3 is 0 Å². The third-order valence-electron chi connectivity index (χ3n) is 3.41. The number of hydrogen-bond donors (Lipinski definition) is 0. The molecule has 1 amide bonds. The molecule has 3 aromatic rings. The molecule has 5 nitrogen and oxygen atoms in total. The SMILES string of the molecule is CN(Cc1ccccc1F)C(=O)c1cnn(-c2ccccc2)n1. The van der Waals surface area contributed by atoms with Gasteiger partial charge in [0, 0.05) is 19.2 Å². The van der Waals surface area contributed by atoms with E-state index >= 15 is 0 Å². The number of hydrogen-bond acceptors (Lipinski definition) is 3. The summed E-state index contributed by atoms with van der Waals surface area (Å²) in [7, 11) is 1.61. The average Bonchev–Trinajstić information content (AvgIpc) is 3.07. The highest BCUT2D eigenvalue weighted by molar-refractivity contribution is 5.91. The van der Waals surface area contributed by atoms with Gasteiger partial charge in [0.15, 0.2) is 5.69 Å². The van der Waals surface area contributed by atoms with Gasteiger partial charge in [0.05, 0.1) is 11.9 Å². The Morgan fingerprint density at radius 3 is 2.57 bits per heavy atom. The highest BCUT2D eigenvalue weighted by Gasteiger charge is 2.17. The molecule has 1 aromatic heterocycles.